The van der Waals surface area contributed by atoms with Crippen LogP contribution >= 0.6 is 12.4 Å². The molecule has 0 aliphatic heterocycles. The van der Waals surface area contributed by atoms with E-state index in [1.807, 2.05) is 31.2 Å². The zero-order valence-corrected chi connectivity index (χ0v) is 14.7. The number of hydrogen-bond donors (Lipinski definition) is 2. The van der Waals surface area contributed by atoms with Crippen molar-refractivity contribution < 1.29 is 4.79 Å². The van der Waals surface area contributed by atoms with Gasteiger partial charge in [0.15, 0.2) is 0 Å². The van der Waals surface area contributed by atoms with Crippen molar-refractivity contribution in [1.29, 1.82) is 0 Å². The number of amides is 1. The minimum absolute atomic E-state index is 0. The highest BCUT2D eigenvalue weighted by Crippen LogP contribution is 2.13. The number of hydrogen-bond acceptors (Lipinski definition) is 2. The van der Waals surface area contributed by atoms with E-state index in [4.69, 9.17) is 5.73 Å². The van der Waals surface area contributed by atoms with Gasteiger partial charge in [0.25, 0.3) is 0 Å². The Morgan fingerprint density at radius 3 is 2.39 bits per heavy atom. The van der Waals surface area contributed by atoms with Gasteiger partial charge in [-0.05, 0) is 56.0 Å². The van der Waals surface area contributed by atoms with E-state index >= 15 is 0 Å². The van der Waals surface area contributed by atoms with Gasteiger partial charge in [-0.25, -0.2) is 0 Å². The first-order valence-corrected chi connectivity index (χ1v) is 7.64. The molecule has 0 spiro atoms. The molecule has 2 aromatic rings. The third kappa shape index (κ3) is 5.95. The summed E-state index contributed by atoms with van der Waals surface area (Å²) in [7, 11) is 0. The molecule has 0 bridgehead atoms. The van der Waals surface area contributed by atoms with Crippen LogP contribution in [0.3, 0.4) is 0 Å². The normalized spacial score (nSPS) is 11.4. The lowest BCUT2D eigenvalue weighted by Crippen LogP contribution is -2.35. The average Bonchev–Trinajstić information content (AvgIpc) is 2.44. The summed E-state index contributed by atoms with van der Waals surface area (Å²) in [6, 6.07) is 14.0. The van der Waals surface area contributed by atoms with Gasteiger partial charge in [-0.1, -0.05) is 35.9 Å². The predicted molar refractivity (Wildman–Crippen MR) is 99.0 cm³/mol. The predicted octanol–water partition coefficient (Wildman–Crippen LogP) is 3.60. The summed E-state index contributed by atoms with van der Waals surface area (Å²) in [6.45, 7) is 6.25. The first kappa shape index (κ1) is 19.0. The van der Waals surface area contributed by atoms with Gasteiger partial charge in [0.2, 0.25) is 5.91 Å². The number of nitrogens with one attached hydrogen (secondary N) is 1. The molecule has 0 heterocycles. The molecule has 1 atom stereocenters. The molecule has 3 nitrogen and oxygen atoms in total. The third-order valence-corrected chi connectivity index (χ3v) is 3.78. The van der Waals surface area contributed by atoms with E-state index in [9.17, 15) is 4.79 Å². The van der Waals surface area contributed by atoms with Crippen molar-refractivity contribution in [3.63, 3.8) is 0 Å². The first-order valence-electron chi connectivity index (χ1n) is 7.64. The molecular formula is C19H25ClN2O. The van der Waals surface area contributed by atoms with E-state index in [-0.39, 0.29) is 24.4 Å². The molecule has 1 amide bonds. The molecule has 0 aromatic heterocycles. The van der Waals surface area contributed by atoms with Crippen molar-refractivity contribution in [2.24, 2.45) is 0 Å². The highest BCUT2D eigenvalue weighted by Gasteiger charge is 2.10. The van der Waals surface area contributed by atoms with E-state index < -0.39 is 0 Å². The van der Waals surface area contributed by atoms with E-state index in [0.29, 0.717) is 12.1 Å². The number of aryl methyl sites for hydroxylation is 2. The second kappa shape index (κ2) is 8.59. The number of rotatable bonds is 5. The molecule has 0 radical (unpaired) electrons. The van der Waals surface area contributed by atoms with Gasteiger partial charge >= 0.3 is 0 Å². The van der Waals surface area contributed by atoms with E-state index in [1.165, 1.54) is 16.7 Å². The maximum atomic E-state index is 12.1. The van der Waals surface area contributed by atoms with Crippen LogP contribution in [0.15, 0.2) is 42.5 Å². The molecule has 1 unspecified atom stereocenters. The number of benzene rings is 2. The lowest BCUT2D eigenvalue weighted by atomic mass is 10.00. The molecule has 0 saturated heterocycles. The Kier molecular flexibility index (Phi) is 7.11. The van der Waals surface area contributed by atoms with Gasteiger partial charge in [0.05, 0.1) is 6.42 Å². The molecule has 0 fully saturated rings. The minimum Gasteiger partial charge on any atom is -0.399 e. The van der Waals surface area contributed by atoms with Crippen LogP contribution in [0.2, 0.25) is 0 Å². The fourth-order valence-electron chi connectivity index (χ4n) is 2.60. The Morgan fingerprint density at radius 1 is 1.13 bits per heavy atom. The van der Waals surface area contributed by atoms with Crippen LogP contribution in [0, 0.1) is 13.8 Å². The SMILES string of the molecule is Cc1ccc(CC(C)NC(=O)Cc2ccc(N)cc2)c(C)c1.Cl. The van der Waals surface area contributed by atoms with Crippen LogP contribution in [0.5, 0.6) is 0 Å². The molecule has 23 heavy (non-hydrogen) atoms. The molecular weight excluding hydrogens is 308 g/mol. The summed E-state index contributed by atoms with van der Waals surface area (Å²) in [5.74, 6) is 0.0436. The van der Waals surface area contributed by atoms with Crippen LogP contribution in [-0.2, 0) is 17.6 Å². The van der Waals surface area contributed by atoms with Gasteiger partial charge in [-0.15, -0.1) is 12.4 Å². The van der Waals surface area contributed by atoms with Crippen molar-refractivity contribution in [2.45, 2.75) is 39.7 Å². The zero-order chi connectivity index (χ0) is 16.1. The first-order chi connectivity index (χ1) is 10.4. The number of anilines is 1. The number of carbonyl (C=O) groups is 1. The Bertz CT molecular complexity index is 653. The van der Waals surface area contributed by atoms with Gasteiger partial charge in [-0.2, -0.15) is 0 Å². The summed E-state index contributed by atoms with van der Waals surface area (Å²) in [5.41, 5.74) is 11.2. The number of halogens is 1. The molecule has 0 aliphatic rings. The van der Waals surface area contributed by atoms with Crippen LogP contribution in [0.4, 0.5) is 5.69 Å². The van der Waals surface area contributed by atoms with Crippen LogP contribution in [0.1, 0.15) is 29.2 Å². The number of carbonyl (C=O) groups excluding carboxylic acids is 1. The van der Waals surface area contributed by atoms with Gasteiger partial charge in [-0.3, -0.25) is 4.79 Å². The van der Waals surface area contributed by atoms with Crippen molar-refractivity contribution in [3.05, 3.63) is 64.7 Å². The fraction of sp³-hybridized carbons (Fsp3) is 0.316. The summed E-state index contributed by atoms with van der Waals surface area (Å²) in [5, 5.41) is 3.06. The Balaban J connectivity index is 0.00000264. The third-order valence-electron chi connectivity index (χ3n) is 3.78. The summed E-state index contributed by atoms with van der Waals surface area (Å²) >= 11 is 0. The lowest BCUT2D eigenvalue weighted by molar-refractivity contribution is -0.121. The monoisotopic (exact) mass is 332 g/mol. The van der Waals surface area contributed by atoms with Gasteiger partial charge < -0.3 is 11.1 Å². The van der Waals surface area contributed by atoms with Crippen LogP contribution in [-0.4, -0.2) is 11.9 Å². The van der Waals surface area contributed by atoms with Crippen molar-refractivity contribution in [2.75, 3.05) is 5.73 Å². The topological polar surface area (TPSA) is 55.1 Å². The molecule has 2 aromatic carbocycles. The van der Waals surface area contributed by atoms with Crippen molar-refractivity contribution in [3.8, 4) is 0 Å². The summed E-state index contributed by atoms with van der Waals surface area (Å²) < 4.78 is 0. The Hall–Kier alpha value is -2.00. The van der Waals surface area contributed by atoms with E-state index in [1.54, 1.807) is 0 Å². The highest BCUT2D eigenvalue weighted by molar-refractivity contribution is 5.85. The fourth-order valence-corrected chi connectivity index (χ4v) is 2.60. The van der Waals surface area contributed by atoms with Crippen molar-refractivity contribution in [1.82, 2.24) is 5.32 Å². The second-order valence-corrected chi connectivity index (χ2v) is 6.02. The molecule has 124 valence electrons. The Morgan fingerprint density at radius 2 is 1.78 bits per heavy atom. The van der Waals surface area contributed by atoms with Crippen LogP contribution in [0.25, 0.3) is 0 Å². The average molecular weight is 333 g/mol. The minimum atomic E-state index is 0. The molecule has 3 N–H and O–H groups in total. The quantitative estimate of drug-likeness (QED) is 0.822. The molecule has 0 aliphatic carbocycles. The number of nitrogen functional groups attached to an aromatic ring is 1. The van der Waals surface area contributed by atoms with Crippen LogP contribution < -0.4 is 11.1 Å². The van der Waals surface area contributed by atoms with Crippen molar-refractivity contribution >= 4 is 24.0 Å². The number of nitrogens with two attached hydrogens (primary N) is 1. The lowest BCUT2D eigenvalue weighted by Gasteiger charge is -2.16. The van der Waals surface area contributed by atoms with Gasteiger partial charge in [0, 0.05) is 11.7 Å². The highest BCUT2D eigenvalue weighted by atomic mass is 35.5. The Labute approximate surface area is 144 Å². The van der Waals surface area contributed by atoms with Gasteiger partial charge in [0.1, 0.15) is 0 Å². The second-order valence-electron chi connectivity index (χ2n) is 6.02. The summed E-state index contributed by atoms with van der Waals surface area (Å²) in [4.78, 5) is 12.1. The molecule has 2 rings (SSSR count). The zero-order valence-electron chi connectivity index (χ0n) is 13.9. The largest absolute Gasteiger partial charge is 0.399 e. The summed E-state index contributed by atoms with van der Waals surface area (Å²) in [6.07, 6.45) is 1.23. The van der Waals surface area contributed by atoms with E-state index in [2.05, 4.69) is 37.4 Å². The standard InChI is InChI=1S/C19H24N2O.ClH/c1-13-4-7-17(14(2)10-13)11-15(3)21-19(22)12-16-5-8-18(20)9-6-16;/h4-10,15H,11-12,20H2,1-3H3,(H,21,22);1H. The maximum Gasteiger partial charge on any atom is 0.224 e. The maximum absolute atomic E-state index is 12.1. The smallest absolute Gasteiger partial charge is 0.224 e. The molecule has 4 heteroatoms. The molecule has 0 saturated carbocycles. The van der Waals surface area contributed by atoms with E-state index in [0.717, 1.165) is 12.0 Å².